The predicted octanol–water partition coefficient (Wildman–Crippen LogP) is 4.95. The molecule has 21 heavy (non-hydrogen) atoms. The summed E-state index contributed by atoms with van der Waals surface area (Å²) < 4.78 is 4.71. The van der Waals surface area contributed by atoms with Crippen molar-refractivity contribution >= 4 is 34.9 Å². The molecule has 3 nitrogen and oxygen atoms in total. The first-order valence-electron chi connectivity index (χ1n) is 6.41. The van der Waals surface area contributed by atoms with E-state index in [4.69, 9.17) is 27.9 Å². The second-order valence-corrected chi connectivity index (χ2v) is 5.45. The smallest absolute Gasteiger partial charge is 0.339 e. The number of carbonyl (C=O) groups is 1. The van der Waals surface area contributed by atoms with Crippen LogP contribution in [0.2, 0.25) is 10.0 Å². The van der Waals surface area contributed by atoms with Crippen molar-refractivity contribution in [2.75, 3.05) is 12.4 Å². The molecule has 0 saturated heterocycles. The number of benzene rings is 2. The lowest BCUT2D eigenvalue weighted by molar-refractivity contribution is 0.0601. The van der Waals surface area contributed by atoms with E-state index in [0.29, 0.717) is 15.6 Å². The van der Waals surface area contributed by atoms with Crippen molar-refractivity contribution in [1.82, 2.24) is 0 Å². The third kappa shape index (κ3) is 3.90. The number of hydrogen-bond acceptors (Lipinski definition) is 3. The minimum Gasteiger partial charge on any atom is -0.465 e. The van der Waals surface area contributed by atoms with E-state index in [2.05, 4.69) is 5.32 Å². The van der Waals surface area contributed by atoms with Gasteiger partial charge < -0.3 is 10.1 Å². The standard InChI is InChI=1S/C16H15Cl2NO2/c1-10(11-4-3-5-12(17)8-11)19-13-6-7-15(18)14(9-13)16(20)21-2/h3-10,19H,1-2H3. The quantitative estimate of drug-likeness (QED) is 0.809. The lowest BCUT2D eigenvalue weighted by atomic mass is 10.1. The molecular weight excluding hydrogens is 309 g/mol. The molecule has 0 saturated carbocycles. The van der Waals surface area contributed by atoms with E-state index in [1.807, 2.05) is 37.3 Å². The van der Waals surface area contributed by atoms with Gasteiger partial charge in [-0.3, -0.25) is 0 Å². The van der Waals surface area contributed by atoms with Gasteiger partial charge in [0.15, 0.2) is 0 Å². The van der Waals surface area contributed by atoms with Gasteiger partial charge in [0.25, 0.3) is 0 Å². The summed E-state index contributed by atoms with van der Waals surface area (Å²) in [5.74, 6) is -0.459. The van der Waals surface area contributed by atoms with E-state index in [-0.39, 0.29) is 6.04 Å². The monoisotopic (exact) mass is 323 g/mol. The van der Waals surface area contributed by atoms with Gasteiger partial charge >= 0.3 is 5.97 Å². The maximum atomic E-state index is 11.6. The van der Waals surface area contributed by atoms with Crippen LogP contribution >= 0.6 is 23.2 Å². The van der Waals surface area contributed by atoms with E-state index in [1.165, 1.54) is 7.11 Å². The number of esters is 1. The summed E-state index contributed by atoms with van der Waals surface area (Å²) in [5.41, 5.74) is 2.17. The molecule has 110 valence electrons. The Kier molecular flexibility index (Phi) is 5.10. The van der Waals surface area contributed by atoms with Gasteiger partial charge in [-0.15, -0.1) is 0 Å². The first-order chi connectivity index (χ1) is 10.0. The molecule has 2 aromatic rings. The van der Waals surface area contributed by atoms with Crippen molar-refractivity contribution < 1.29 is 9.53 Å². The van der Waals surface area contributed by atoms with E-state index in [1.54, 1.807) is 12.1 Å². The van der Waals surface area contributed by atoms with Crippen LogP contribution in [0.4, 0.5) is 5.69 Å². The molecule has 1 N–H and O–H groups in total. The SMILES string of the molecule is COC(=O)c1cc(NC(C)c2cccc(Cl)c2)ccc1Cl. The molecule has 0 aliphatic heterocycles. The minimum atomic E-state index is -0.459. The number of methoxy groups -OCH3 is 1. The molecule has 5 heteroatoms. The Morgan fingerprint density at radius 3 is 2.62 bits per heavy atom. The topological polar surface area (TPSA) is 38.3 Å². The van der Waals surface area contributed by atoms with Gasteiger partial charge in [0.2, 0.25) is 0 Å². The highest BCUT2D eigenvalue weighted by Crippen LogP contribution is 2.25. The largest absolute Gasteiger partial charge is 0.465 e. The summed E-state index contributed by atoms with van der Waals surface area (Å²) >= 11 is 12.0. The first-order valence-corrected chi connectivity index (χ1v) is 7.16. The van der Waals surface area contributed by atoms with E-state index >= 15 is 0 Å². The fourth-order valence-electron chi connectivity index (χ4n) is 1.99. The normalized spacial score (nSPS) is 11.8. The number of carbonyl (C=O) groups excluding carboxylic acids is 1. The molecule has 2 aromatic carbocycles. The van der Waals surface area contributed by atoms with E-state index in [9.17, 15) is 4.79 Å². The van der Waals surface area contributed by atoms with Crippen LogP contribution in [0.25, 0.3) is 0 Å². The molecule has 0 fully saturated rings. The Balaban J connectivity index is 2.21. The highest BCUT2D eigenvalue weighted by atomic mass is 35.5. The van der Waals surface area contributed by atoms with Gasteiger partial charge in [0.05, 0.1) is 17.7 Å². The van der Waals surface area contributed by atoms with Crippen LogP contribution in [0.1, 0.15) is 28.9 Å². The Labute approximate surface area is 133 Å². The summed E-state index contributed by atoms with van der Waals surface area (Å²) in [6.45, 7) is 2.01. The van der Waals surface area contributed by atoms with Crippen molar-refractivity contribution in [2.45, 2.75) is 13.0 Å². The van der Waals surface area contributed by atoms with Crippen LogP contribution in [0.5, 0.6) is 0 Å². The predicted molar refractivity (Wildman–Crippen MR) is 86.3 cm³/mol. The van der Waals surface area contributed by atoms with Crippen LogP contribution in [0, 0.1) is 0 Å². The summed E-state index contributed by atoms with van der Waals surface area (Å²) in [6.07, 6.45) is 0. The minimum absolute atomic E-state index is 0.0374. The maximum absolute atomic E-state index is 11.6. The second kappa shape index (κ2) is 6.83. The summed E-state index contributed by atoms with van der Waals surface area (Å²) in [6, 6.07) is 12.8. The molecule has 0 bridgehead atoms. The highest BCUT2D eigenvalue weighted by Gasteiger charge is 2.13. The van der Waals surface area contributed by atoms with Crippen LogP contribution in [-0.2, 0) is 4.74 Å². The molecule has 0 aliphatic rings. The lowest BCUT2D eigenvalue weighted by Crippen LogP contribution is -2.08. The number of halogens is 2. The van der Waals surface area contributed by atoms with Crippen molar-refractivity contribution in [2.24, 2.45) is 0 Å². The van der Waals surface area contributed by atoms with Gasteiger partial charge in [-0.2, -0.15) is 0 Å². The zero-order chi connectivity index (χ0) is 15.4. The zero-order valence-electron chi connectivity index (χ0n) is 11.7. The molecule has 0 aliphatic carbocycles. The van der Waals surface area contributed by atoms with Crippen LogP contribution in [0.15, 0.2) is 42.5 Å². The number of nitrogens with one attached hydrogen (secondary N) is 1. The highest BCUT2D eigenvalue weighted by molar-refractivity contribution is 6.33. The summed E-state index contributed by atoms with van der Waals surface area (Å²) in [5, 5.41) is 4.36. The third-order valence-corrected chi connectivity index (χ3v) is 3.67. The molecule has 0 radical (unpaired) electrons. The third-order valence-electron chi connectivity index (χ3n) is 3.10. The maximum Gasteiger partial charge on any atom is 0.339 e. The number of ether oxygens (including phenoxy) is 1. The molecular formula is C16H15Cl2NO2. The van der Waals surface area contributed by atoms with Crippen LogP contribution in [-0.4, -0.2) is 13.1 Å². The van der Waals surface area contributed by atoms with Crippen LogP contribution < -0.4 is 5.32 Å². The number of hydrogen-bond donors (Lipinski definition) is 1. The number of rotatable bonds is 4. The first kappa shape index (κ1) is 15.7. The lowest BCUT2D eigenvalue weighted by Gasteiger charge is -2.17. The molecule has 1 unspecified atom stereocenters. The molecule has 0 aromatic heterocycles. The Bertz CT molecular complexity index is 658. The Hall–Kier alpha value is -1.71. The fourth-order valence-corrected chi connectivity index (χ4v) is 2.38. The average Bonchev–Trinajstić information content (AvgIpc) is 2.48. The van der Waals surface area contributed by atoms with E-state index in [0.717, 1.165) is 11.3 Å². The van der Waals surface area contributed by atoms with Gasteiger partial charge in [-0.1, -0.05) is 35.3 Å². The van der Waals surface area contributed by atoms with Gasteiger partial charge in [-0.25, -0.2) is 4.79 Å². The Morgan fingerprint density at radius 2 is 1.95 bits per heavy atom. The summed E-state index contributed by atoms with van der Waals surface area (Å²) in [7, 11) is 1.33. The Morgan fingerprint density at radius 1 is 1.19 bits per heavy atom. The zero-order valence-corrected chi connectivity index (χ0v) is 13.2. The van der Waals surface area contributed by atoms with Crippen molar-refractivity contribution in [3.05, 3.63) is 63.6 Å². The van der Waals surface area contributed by atoms with Crippen molar-refractivity contribution in [1.29, 1.82) is 0 Å². The molecule has 2 rings (SSSR count). The van der Waals surface area contributed by atoms with Crippen molar-refractivity contribution in [3.8, 4) is 0 Å². The molecule has 1 atom stereocenters. The van der Waals surface area contributed by atoms with Gasteiger partial charge in [-0.05, 0) is 42.8 Å². The van der Waals surface area contributed by atoms with E-state index < -0.39 is 5.97 Å². The number of anilines is 1. The fraction of sp³-hybridized carbons (Fsp3) is 0.188. The second-order valence-electron chi connectivity index (χ2n) is 4.61. The summed E-state index contributed by atoms with van der Waals surface area (Å²) in [4.78, 5) is 11.6. The van der Waals surface area contributed by atoms with Crippen molar-refractivity contribution in [3.63, 3.8) is 0 Å². The van der Waals surface area contributed by atoms with Gasteiger partial charge in [0.1, 0.15) is 0 Å². The molecule has 0 heterocycles. The van der Waals surface area contributed by atoms with Gasteiger partial charge in [0, 0.05) is 16.8 Å². The molecule has 0 amide bonds. The van der Waals surface area contributed by atoms with Crippen LogP contribution in [0.3, 0.4) is 0 Å². The average molecular weight is 324 g/mol. The molecule has 0 spiro atoms.